The first-order valence-electron chi connectivity index (χ1n) is 4.13. The molecule has 0 aromatic carbocycles. The van der Waals surface area contributed by atoms with Gasteiger partial charge in [0.25, 0.3) is 0 Å². The summed E-state index contributed by atoms with van der Waals surface area (Å²) < 4.78 is 5.22. The fourth-order valence-electron chi connectivity index (χ4n) is 1.13. The molecule has 2 nitrogen and oxygen atoms in total. The Kier molecular flexibility index (Phi) is 3.09. The number of hydrogen-bond donors (Lipinski definition) is 0. The second-order valence-corrected chi connectivity index (χ2v) is 4.43. The number of nitrogens with zero attached hydrogens (tertiary/aromatic N) is 1. The largest absolute Gasteiger partial charge is 0.486 e. The molecule has 0 bridgehead atoms. The van der Waals surface area contributed by atoms with Crippen molar-refractivity contribution in [1.82, 2.24) is 4.98 Å². The molecule has 0 fully saturated rings. The number of aromatic nitrogens is 1. The third kappa shape index (κ3) is 2.21. The molecular formula is C9H15NOS. The van der Waals surface area contributed by atoms with Gasteiger partial charge in [-0.1, -0.05) is 25.2 Å². The maximum atomic E-state index is 5.22. The summed E-state index contributed by atoms with van der Waals surface area (Å²) in [5, 5.41) is 2.06. The Morgan fingerprint density at radius 3 is 2.67 bits per heavy atom. The van der Waals surface area contributed by atoms with Crippen LogP contribution in [0.1, 0.15) is 24.5 Å². The first-order valence-corrected chi connectivity index (χ1v) is 4.95. The van der Waals surface area contributed by atoms with Crippen LogP contribution in [0.25, 0.3) is 0 Å². The summed E-state index contributed by atoms with van der Waals surface area (Å²) in [6, 6.07) is 0. The van der Waals surface area contributed by atoms with Crippen LogP contribution >= 0.6 is 11.3 Å². The van der Waals surface area contributed by atoms with Crippen molar-refractivity contribution < 1.29 is 4.74 Å². The van der Waals surface area contributed by atoms with Crippen LogP contribution in [0.4, 0.5) is 0 Å². The monoisotopic (exact) mass is 185 g/mol. The highest BCUT2D eigenvalue weighted by molar-refractivity contribution is 7.13. The maximum absolute atomic E-state index is 5.22. The molecule has 0 spiro atoms. The van der Waals surface area contributed by atoms with Crippen molar-refractivity contribution in [3.05, 3.63) is 10.7 Å². The SMILES string of the molecule is COc1sc(C)nc1CC(C)C. The van der Waals surface area contributed by atoms with Crippen LogP contribution in [0.15, 0.2) is 0 Å². The second-order valence-electron chi connectivity index (χ2n) is 3.27. The van der Waals surface area contributed by atoms with E-state index in [1.807, 2.05) is 6.92 Å². The van der Waals surface area contributed by atoms with Crippen molar-refractivity contribution in [2.24, 2.45) is 5.92 Å². The predicted octanol–water partition coefficient (Wildman–Crippen LogP) is 2.66. The summed E-state index contributed by atoms with van der Waals surface area (Å²) >= 11 is 1.62. The maximum Gasteiger partial charge on any atom is 0.197 e. The van der Waals surface area contributed by atoms with E-state index in [1.54, 1.807) is 18.4 Å². The van der Waals surface area contributed by atoms with Gasteiger partial charge in [-0.25, -0.2) is 4.98 Å². The fraction of sp³-hybridized carbons (Fsp3) is 0.667. The topological polar surface area (TPSA) is 22.1 Å². The van der Waals surface area contributed by atoms with Gasteiger partial charge < -0.3 is 4.74 Å². The second kappa shape index (κ2) is 3.90. The minimum absolute atomic E-state index is 0.639. The molecule has 1 aromatic heterocycles. The Morgan fingerprint density at radius 2 is 2.17 bits per heavy atom. The minimum Gasteiger partial charge on any atom is -0.486 e. The Morgan fingerprint density at radius 1 is 1.50 bits per heavy atom. The highest BCUT2D eigenvalue weighted by Crippen LogP contribution is 2.28. The van der Waals surface area contributed by atoms with Crippen LogP contribution in [0.3, 0.4) is 0 Å². The van der Waals surface area contributed by atoms with Crippen molar-refractivity contribution in [1.29, 1.82) is 0 Å². The summed E-state index contributed by atoms with van der Waals surface area (Å²) in [7, 11) is 1.71. The van der Waals surface area contributed by atoms with E-state index in [4.69, 9.17) is 4.74 Å². The molecule has 0 aliphatic carbocycles. The van der Waals surface area contributed by atoms with E-state index < -0.39 is 0 Å². The van der Waals surface area contributed by atoms with Gasteiger partial charge in [-0.15, -0.1) is 0 Å². The van der Waals surface area contributed by atoms with Crippen LogP contribution in [-0.4, -0.2) is 12.1 Å². The normalized spacial score (nSPS) is 10.8. The number of thiazole rings is 1. The minimum atomic E-state index is 0.639. The van der Waals surface area contributed by atoms with Gasteiger partial charge in [-0.3, -0.25) is 0 Å². The Labute approximate surface area is 77.6 Å². The van der Waals surface area contributed by atoms with Crippen LogP contribution in [0, 0.1) is 12.8 Å². The van der Waals surface area contributed by atoms with E-state index >= 15 is 0 Å². The van der Waals surface area contributed by atoms with Gasteiger partial charge >= 0.3 is 0 Å². The van der Waals surface area contributed by atoms with Gasteiger partial charge in [0.15, 0.2) is 5.06 Å². The van der Waals surface area contributed by atoms with Crippen LogP contribution in [0.2, 0.25) is 0 Å². The first-order chi connectivity index (χ1) is 5.63. The zero-order valence-electron chi connectivity index (χ0n) is 8.05. The summed E-state index contributed by atoms with van der Waals surface area (Å²) in [6.45, 7) is 6.39. The number of methoxy groups -OCH3 is 1. The molecule has 0 radical (unpaired) electrons. The van der Waals surface area contributed by atoms with Gasteiger partial charge in [0.2, 0.25) is 0 Å². The Hall–Kier alpha value is -0.570. The van der Waals surface area contributed by atoms with Crippen molar-refractivity contribution >= 4 is 11.3 Å². The fourth-order valence-corrected chi connectivity index (χ4v) is 1.88. The summed E-state index contributed by atoms with van der Waals surface area (Å²) in [5.41, 5.74) is 1.11. The molecule has 0 aliphatic heterocycles. The van der Waals surface area contributed by atoms with Crippen LogP contribution < -0.4 is 4.74 Å². The molecule has 0 atom stereocenters. The summed E-state index contributed by atoms with van der Waals surface area (Å²) in [4.78, 5) is 4.42. The zero-order chi connectivity index (χ0) is 9.14. The van der Waals surface area contributed by atoms with Gasteiger partial charge in [0.05, 0.1) is 17.8 Å². The van der Waals surface area contributed by atoms with E-state index in [9.17, 15) is 0 Å². The molecule has 0 unspecified atom stereocenters. The van der Waals surface area contributed by atoms with E-state index in [-0.39, 0.29) is 0 Å². The lowest BCUT2D eigenvalue weighted by atomic mass is 10.1. The third-order valence-corrected chi connectivity index (χ3v) is 2.53. The molecule has 0 N–H and O–H groups in total. The molecule has 1 heterocycles. The van der Waals surface area contributed by atoms with Crippen molar-refractivity contribution in [2.75, 3.05) is 7.11 Å². The summed E-state index contributed by atoms with van der Waals surface area (Å²) in [6.07, 6.45) is 1.01. The lowest BCUT2D eigenvalue weighted by molar-refractivity contribution is 0.417. The predicted molar refractivity (Wildman–Crippen MR) is 51.9 cm³/mol. The molecule has 1 aromatic rings. The quantitative estimate of drug-likeness (QED) is 0.722. The highest BCUT2D eigenvalue weighted by Gasteiger charge is 2.10. The van der Waals surface area contributed by atoms with E-state index in [2.05, 4.69) is 18.8 Å². The van der Waals surface area contributed by atoms with Gasteiger partial charge in [0, 0.05) is 0 Å². The molecule has 0 aliphatic rings. The van der Waals surface area contributed by atoms with Crippen LogP contribution in [0.5, 0.6) is 5.06 Å². The lowest BCUT2D eigenvalue weighted by Crippen LogP contribution is -1.96. The average Bonchev–Trinajstić information content (AvgIpc) is 2.29. The smallest absolute Gasteiger partial charge is 0.197 e. The number of ether oxygens (including phenoxy) is 1. The Bertz CT molecular complexity index is 255. The standard InChI is InChI=1S/C9H15NOS/c1-6(2)5-8-9(11-4)12-7(3)10-8/h6H,5H2,1-4H3. The van der Waals surface area contributed by atoms with E-state index in [0.717, 1.165) is 22.2 Å². The van der Waals surface area contributed by atoms with Crippen LogP contribution in [-0.2, 0) is 6.42 Å². The van der Waals surface area contributed by atoms with E-state index in [1.165, 1.54) is 0 Å². The summed E-state index contributed by atoms with van der Waals surface area (Å²) in [5.74, 6) is 0.639. The van der Waals surface area contributed by atoms with Crippen molar-refractivity contribution in [2.45, 2.75) is 27.2 Å². The average molecular weight is 185 g/mol. The first kappa shape index (κ1) is 9.52. The van der Waals surface area contributed by atoms with Crippen molar-refractivity contribution in [3.8, 4) is 5.06 Å². The number of aryl methyl sites for hydroxylation is 1. The Balaban J connectivity index is 2.81. The molecule has 12 heavy (non-hydrogen) atoms. The number of hydrogen-bond acceptors (Lipinski definition) is 3. The van der Waals surface area contributed by atoms with Gasteiger partial charge in [-0.05, 0) is 19.3 Å². The zero-order valence-corrected chi connectivity index (χ0v) is 8.86. The highest BCUT2D eigenvalue weighted by atomic mass is 32.1. The molecular weight excluding hydrogens is 170 g/mol. The number of rotatable bonds is 3. The molecule has 3 heteroatoms. The molecule has 0 amide bonds. The van der Waals surface area contributed by atoms with Gasteiger partial charge in [-0.2, -0.15) is 0 Å². The van der Waals surface area contributed by atoms with Gasteiger partial charge in [0.1, 0.15) is 0 Å². The van der Waals surface area contributed by atoms with Crippen molar-refractivity contribution in [3.63, 3.8) is 0 Å². The lowest BCUT2D eigenvalue weighted by Gasteiger charge is -2.02. The molecule has 1 rings (SSSR count). The molecule has 0 saturated carbocycles. The molecule has 0 saturated heterocycles. The molecule has 68 valence electrons. The third-order valence-electron chi connectivity index (χ3n) is 1.56. The van der Waals surface area contributed by atoms with E-state index in [0.29, 0.717) is 5.92 Å².